The van der Waals surface area contributed by atoms with Gasteiger partial charge in [0.2, 0.25) is 11.8 Å². The van der Waals surface area contributed by atoms with Crippen LogP contribution >= 0.6 is 0 Å². The molecule has 1 atom stereocenters. The molecule has 0 unspecified atom stereocenters. The monoisotopic (exact) mass is 825 g/mol. The van der Waals surface area contributed by atoms with Crippen LogP contribution in [0.5, 0.6) is 11.5 Å². The van der Waals surface area contributed by atoms with Crippen molar-refractivity contribution in [2.45, 2.75) is 39.3 Å². The number of phenolic OH excluding ortho intramolecular Hbond substituents is 1. The second kappa shape index (κ2) is 19.3. The Labute approximate surface area is 348 Å². The minimum absolute atomic E-state index is 0.0198. The Morgan fingerprint density at radius 2 is 1.18 bits per heavy atom. The number of rotatable bonds is 15. The smallest absolute Gasteiger partial charge is 0.335 e. The highest BCUT2D eigenvalue weighted by Crippen LogP contribution is 2.39. The fourth-order valence-corrected chi connectivity index (χ4v) is 5.77. The van der Waals surface area contributed by atoms with Crippen LogP contribution in [0.4, 0.5) is 22.7 Å². The third kappa shape index (κ3) is 11.3. The highest BCUT2D eigenvalue weighted by Gasteiger charge is 2.25. The van der Waals surface area contributed by atoms with Gasteiger partial charge in [0.15, 0.2) is 11.5 Å². The highest BCUT2D eigenvalue weighted by atomic mass is 16.5. The zero-order valence-corrected chi connectivity index (χ0v) is 32.9. The zero-order valence-electron chi connectivity index (χ0n) is 32.9. The van der Waals surface area contributed by atoms with Gasteiger partial charge in [0, 0.05) is 33.8 Å². The van der Waals surface area contributed by atoms with Crippen LogP contribution < -0.4 is 37.1 Å². The van der Waals surface area contributed by atoms with Crippen molar-refractivity contribution in [2.75, 3.05) is 21.3 Å². The molecule has 5 aromatic carbocycles. The van der Waals surface area contributed by atoms with Gasteiger partial charge >= 0.3 is 5.97 Å². The van der Waals surface area contributed by atoms with E-state index in [1.54, 1.807) is 26.8 Å². The molecule has 9 N–H and O–H groups in total. The van der Waals surface area contributed by atoms with Crippen LogP contribution in [0.15, 0.2) is 103 Å². The predicted molar refractivity (Wildman–Crippen MR) is 224 cm³/mol. The number of carboxylic acids is 1. The van der Waals surface area contributed by atoms with E-state index >= 15 is 0 Å². The van der Waals surface area contributed by atoms with Crippen molar-refractivity contribution >= 4 is 64.2 Å². The van der Waals surface area contributed by atoms with Gasteiger partial charge in [0.05, 0.1) is 41.0 Å². The number of benzene rings is 5. The molecule has 6 amide bonds. The lowest BCUT2D eigenvalue weighted by atomic mass is 10.0. The van der Waals surface area contributed by atoms with Gasteiger partial charge < -0.3 is 47.3 Å². The van der Waals surface area contributed by atoms with E-state index in [0.717, 1.165) is 0 Å². The number of carbonyl (C=O) groups is 7. The Kier molecular flexibility index (Phi) is 13.8. The first-order valence-electron chi connectivity index (χ1n) is 18.4. The lowest BCUT2D eigenvalue weighted by molar-refractivity contribution is -0.123. The van der Waals surface area contributed by atoms with Crippen molar-refractivity contribution in [3.63, 3.8) is 0 Å². The standard InChI is InChI=1S/C44H39N7O10/c1-23(2)61-38-34(19-18-33(37(38)53)42(57)48-30-15-9-28(10-16-30)44(59)60)50-39(54)26-7-13-31(14-8-26)49-43(58)35(21-36(46)52)51-40(55)27-5-11-29(12-6-27)47-41(56)32-17-4-25(22-45)20-24(32)3/h4-20,23,35,53H,21H2,1-3H3,(H2,46,52)(H,47,56)(H,48,57)(H,49,58)(H,50,54)(H,51,55)(H,59,60)/t35-/m0/s1. The van der Waals surface area contributed by atoms with E-state index in [9.17, 15) is 38.7 Å². The van der Waals surface area contributed by atoms with E-state index < -0.39 is 65.7 Å². The summed E-state index contributed by atoms with van der Waals surface area (Å²) in [5.74, 6) is -6.01. The minimum atomic E-state index is -1.39. The molecule has 0 spiro atoms. The predicted octanol–water partition coefficient (Wildman–Crippen LogP) is 5.43. The number of nitrogens with zero attached hydrogens (tertiary/aromatic N) is 1. The number of phenols is 1. The van der Waals surface area contributed by atoms with Gasteiger partial charge in [0.1, 0.15) is 6.04 Å². The molecule has 5 aromatic rings. The Morgan fingerprint density at radius 1 is 0.672 bits per heavy atom. The van der Waals surface area contributed by atoms with E-state index in [1.165, 1.54) is 97.1 Å². The number of ether oxygens (including phenoxy) is 1. The molecule has 17 nitrogen and oxygen atoms in total. The molecule has 0 heterocycles. The number of carbonyl (C=O) groups excluding carboxylic acids is 6. The van der Waals surface area contributed by atoms with Gasteiger partial charge in [-0.15, -0.1) is 0 Å². The van der Waals surface area contributed by atoms with Crippen molar-refractivity contribution in [1.82, 2.24) is 5.32 Å². The number of nitrogens with two attached hydrogens (primary N) is 1. The van der Waals surface area contributed by atoms with Crippen LogP contribution in [-0.4, -0.2) is 63.8 Å². The topological polar surface area (TPSA) is 279 Å². The minimum Gasteiger partial charge on any atom is -0.504 e. The molecule has 0 saturated carbocycles. The number of carboxylic acid groups (broad SMARTS) is 1. The average molecular weight is 826 g/mol. The maximum Gasteiger partial charge on any atom is 0.335 e. The summed E-state index contributed by atoms with van der Waals surface area (Å²) in [5, 5.41) is 42.3. The molecule has 0 radical (unpaired) electrons. The van der Waals surface area contributed by atoms with Gasteiger partial charge in [-0.05, 0) is 129 Å². The van der Waals surface area contributed by atoms with Crippen LogP contribution in [-0.2, 0) is 9.59 Å². The molecular formula is C44H39N7O10. The summed E-state index contributed by atoms with van der Waals surface area (Å²) >= 11 is 0. The maximum absolute atomic E-state index is 13.3. The summed E-state index contributed by atoms with van der Waals surface area (Å²) in [7, 11) is 0. The number of nitrogens with one attached hydrogen (secondary N) is 5. The molecule has 0 aliphatic rings. The molecule has 0 aliphatic heterocycles. The molecule has 0 aliphatic carbocycles. The Bertz CT molecular complexity index is 2570. The molecule has 0 bridgehead atoms. The molecule has 0 aromatic heterocycles. The molecule has 0 saturated heterocycles. The average Bonchev–Trinajstić information content (AvgIpc) is 3.22. The van der Waals surface area contributed by atoms with Gasteiger partial charge in [-0.25, -0.2) is 4.79 Å². The van der Waals surface area contributed by atoms with Crippen molar-refractivity contribution < 1.29 is 48.5 Å². The number of hydrogen-bond donors (Lipinski definition) is 8. The Hall–Kier alpha value is -8.52. The molecule has 61 heavy (non-hydrogen) atoms. The normalized spacial score (nSPS) is 11.0. The van der Waals surface area contributed by atoms with Gasteiger partial charge in [-0.3, -0.25) is 28.8 Å². The Balaban J connectivity index is 1.22. The molecule has 5 rings (SSSR count). The quantitative estimate of drug-likeness (QED) is 0.0659. The van der Waals surface area contributed by atoms with Crippen molar-refractivity contribution in [2.24, 2.45) is 5.73 Å². The number of aryl methyl sites for hydroxylation is 1. The first-order valence-corrected chi connectivity index (χ1v) is 18.4. The number of nitriles is 1. The molecule has 310 valence electrons. The third-order valence-corrected chi connectivity index (χ3v) is 8.81. The lowest BCUT2D eigenvalue weighted by Gasteiger charge is -2.19. The fourth-order valence-electron chi connectivity index (χ4n) is 5.77. The Morgan fingerprint density at radius 3 is 1.69 bits per heavy atom. The summed E-state index contributed by atoms with van der Waals surface area (Å²) in [6.07, 6.45) is -1.02. The molecular weight excluding hydrogens is 787 g/mol. The largest absolute Gasteiger partial charge is 0.504 e. The second-order valence-electron chi connectivity index (χ2n) is 13.7. The highest BCUT2D eigenvalue weighted by molar-refractivity contribution is 6.10. The fraction of sp³-hybridized carbons (Fsp3) is 0.136. The second-order valence-corrected chi connectivity index (χ2v) is 13.7. The molecule has 17 heteroatoms. The summed E-state index contributed by atoms with van der Waals surface area (Å²) in [5.41, 5.74) is 7.73. The van der Waals surface area contributed by atoms with Crippen molar-refractivity contribution in [3.05, 3.63) is 142 Å². The number of aromatic hydroxyl groups is 1. The van der Waals surface area contributed by atoms with Crippen molar-refractivity contribution in [3.8, 4) is 17.6 Å². The number of aromatic carboxylic acids is 1. The van der Waals surface area contributed by atoms with E-state index in [2.05, 4.69) is 26.6 Å². The van der Waals surface area contributed by atoms with Gasteiger partial charge in [-0.2, -0.15) is 5.26 Å². The summed E-state index contributed by atoms with van der Waals surface area (Å²) in [6.45, 7) is 5.06. The lowest BCUT2D eigenvalue weighted by Crippen LogP contribution is -2.46. The van der Waals surface area contributed by atoms with Crippen LogP contribution in [0.25, 0.3) is 0 Å². The summed E-state index contributed by atoms with van der Waals surface area (Å²) in [6, 6.07) is 24.7. The van der Waals surface area contributed by atoms with Crippen LogP contribution in [0, 0.1) is 18.3 Å². The zero-order chi connectivity index (χ0) is 44.4. The van der Waals surface area contributed by atoms with Crippen LogP contribution in [0.1, 0.15) is 83.2 Å². The van der Waals surface area contributed by atoms with E-state index in [1.807, 2.05) is 6.07 Å². The maximum atomic E-state index is 13.3. The number of anilines is 4. The number of amides is 6. The van der Waals surface area contributed by atoms with Crippen LogP contribution in [0.2, 0.25) is 0 Å². The first kappa shape index (κ1) is 43.6. The van der Waals surface area contributed by atoms with E-state index in [4.69, 9.17) is 20.8 Å². The van der Waals surface area contributed by atoms with Gasteiger partial charge in [-0.1, -0.05) is 0 Å². The SMILES string of the molecule is Cc1cc(C#N)ccc1C(=O)Nc1ccc(C(=O)N[C@@H](CC(N)=O)C(=O)Nc2ccc(C(=O)Nc3ccc(C(=O)Nc4ccc(C(=O)O)cc4)c(O)c3OC(C)C)cc2)cc1. The summed E-state index contributed by atoms with van der Waals surface area (Å²) in [4.78, 5) is 88.5. The summed E-state index contributed by atoms with van der Waals surface area (Å²) < 4.78 is 5.77. The van der Waals surface area contributed by atoms with E-state index in [-0.39, 0.29) is 45.1 Å². The van der Waals surface area contributed by atoms with Crippen molar-refractivity contribution in [1.29, 1.82) is 5.26 Å². The van der Waals surface area contributed by atoms with E-state index in [0.29, 0.717) is 22.4 Å². The molecule has 0 fully saturated rings. The van der Waals surface area contributed by atoms with Crippen LogP contribution in [0.3, 0.4) is 0 Å². The number of primary amides is 1. The number of hydrogen-bond acceptors (Lipinski definition) is 10. The first-order chi connectivity index (χ1) is 29.0. The third-order valence-electron chi connectivity index (χ3n) is 8.81. The van der Waals surface area contributed by atoms with Gasteiger partial charge in [0.25, 0.3) is 23.6 Å².